The van der Waals surface area contributed by atoms with Crippen LogP contribution < -0.4 is 5.32 Å². The summed E-state index contributed by atoms with van der Waals surface area (Å²) in [6.07, 6.45) is 1.88. The molecule has 6 heteroatoms. The molecule has 1 unspecified atom stereocenters. The first-order valence-electron chi connectivity index (χ1n) is 7.39. The molecule has 1 heterocycles. The fourth-order valence-electron chi connectivity index (χ4n) is 2.76. The van der Waals surface area contributed by atoms with Crippen molar-refractivity contribution in [2.24, 2.45) is 0 Å². The lowest BCUT2D eigenvalue weighted by Crippen LogP contribution is -2.34. The van der Waals surface area contributed by atoms with Crippen molar-refractivity contribution in [3.63, 3.8) is 0 Å². The number of aryl methyl sites for hydroxylation is 1. The van der Waals surface area contributed by atoms with E-state index in [1.54, 1.807) is 10.4 Å². The minimum Gasteiger partial charge on any atom is -0.313 e. The lowest BCUT2D eigenvalue weighted by Gasteiger charge is -2.22. The Labute approximate surface area is 136 Å². The molecular formula is C15H23BrN2O2S. The summed E-state index contributed by atoms with van der Waals surface area (Å²) in [5.41, 5.74) is 1.96. The second-order valence-electron chi connectivity index (χ2n) is 5.61. The molecular weight excluding hydrogens is 352 g/mol. The normalized spacial score (nSPS) is 20.1. The molecule has 0 aromatic heterocycles. The molecule has 1 aromatic carbocycles. The van der Waals surface area contributed by atoms with E-state index in [9.17, 15) is 8.42 Å². The number of benzene rings is 1. The van der Waals surface area contributed by atoms with E-state index >= 15 is 0 Å². The Kier molecular flexibility index (Phi) is 5.46. The van der Waals surface area contributed by atoms with Gasteiger partial charge in [0, 0.05) is 23.6 Å². The van der Waals surface area contributed by atoms with Gasteiger partial charge in [0.1, 0.15) is 0 Å². The topological polar surface area (TPSA) is 49.4 Å². The molecule has 21 heavy (non-hydrogen) atoms. The van der Waals surface area contributed by atoms with E-state index in [2.05, 4.69) is 21.2 Å². The number of halogens is 1. The molecule has 1 atom stereocenters. The second kappa shape index (κ2) is 6.77. The minimum absolute atomic E-state index is 0.0830. The van der Waals surface area contributed by atoms with Crippen LogP contribution in [-0.2, 0) is 16.6 Å². The summed E-state index contributed by atoms with van der Waals surface area (Å²) in [4.78, 5) is 0.393. The van der Waals surface area contributed by atoms with Gasteiger partial charge in [-0.25, -0.2) is 8.42 Å². The van der Waals surface area contributed by atoms with Gasteiger partial charge in [-0.3, -0.25) is 0 Å². The number of hydrogen-bond donors (Lipinski definition) is 1. The van der Waals surface area contributed by atoms with Gasteiger partial charge in [0.2, 0.25) is 10.0 Å². The highest BCUT2D eigenvalue weighted by atomic mass is 79.9. The minimum atomic E-state index is -3.43. The van der Waals surface area contributed by atoms with Gasteiger partial charge in [0.05, 0.1) is 4.90 Å². The third-order valence-electron chi connectivity index (χ3n) is 3.94. The molecule has 4 nitrogen and oxygen atoms in total. The van der Waals surface area contributed by atoms with Crippen molar-refractivity contribution in [1.82, 2.24) is 9.62 Å². The largest absolute Gasteiger partial charge is 0.313 e. The van der Waals surface area contributed by atoms with Crippen molar-refractivity contribution in [2.75, 3.05) is 13.1 Å². The number of nitrogens with zero attached hydrogens (tertiary/aromatic N) is 1. The van der Waals surface area contributed by atoms with Gasteiger partial charge >= 0.3 is 0 Å². The molecule has 1 aliphatic heterocycles. The van der Waals surface area contributed by atoms with Crippen molar-refractivity contribution >= 4 is 26.0 Å². The Bertz CT molecular complexity index is 616. The Hall–Kier alpha value is -0.430. The predicted octanol–water partition coefficient (Wildman–Crippen LogP) is 3.04. The Morgan fingerprint density at radius 2 is 2.14 bits per heavy atom. The summed E-state index contributed by atoms with van der Waals surface area (Å²) in [5.74, 6) is 0. The van der Waals surface area contributed by atoms with Gasteiger partial charge in [-0.05, 0) is 66.4 Å². The van der Waals surface area contributed by atoms with Crippen LogP contribution in [0.5, 0.6) is 0 Å². The predicted molar refractivity (Wildman–Crippen MR) is 88.8 cm³/mol. The Balaban J connectivity index is 2.44. The Morgan fingerprint density at radius 3 is 2.71 bits per heavy atom. The molecule has 0 saturated carbocycles. The van der Waals surface area contributed by atoms with Gasteiger partial charge < -0.3 is 5.32 Å². The van der Waals surface area contributed by atoms with Crippen molar-refractivity contribution < 1.29 is 8.42 Å². The van der Waals surface area contributed by atoms with Crippen molar-refractivity contribution in [3.8, 4) is 0 Å². The maximum atomic E-state index is 12.9. The standard InChI is InChI=1S/C15H23BrN2O2S/c1-4-17-10-13-8-11(2)15(16)14(9-13)21(19,20)18-7-5-6-12(18)3/h8-9,12,17H,4-7,10H2,1-3H3. The number of sulfonamides is 1. The van der Waals surface area contributed by atoms with Crippen LogP contribution in [-0.4, -0.2) is 31.9 Å². The fourth-order valence-corrected chi connectivity index (χ4v) is 5.49. The molecule has 1 N–H and O–H groups in total. The maximum absolute atomic E-state index is 12.9. The van der Waals surface area contributed by atoms with Crippen LogP contribution in [0.25, 0.3) is 0 Å². The van der Waals surface area contributed by atoms with Gasteiger partial charge in [0.15, 0.2) is 0 Å². The van der Waals surface area contributed by atoms with E-state index in [-0.39, 0.29) is 6.04 Å². The van der Waals surface area contributed by atoms with E-state index in [1.807, 2.05) is 26.8 Å². The highest BCUT2D eigenvalue weighted by Gasteiger charge is 2.34. The average molecular weight is 375 g/mol. The summed E-state index contributed by atoms with van der Waals surface area (Å²) in [5, 5.41) is 3.24. The second-order valence-corrected chi connectivity index (χ2v) is 8.26. The highest BCUT2D eigenvalue weighted by Crippen LogP contribution is 2.33. The third-order valence-corrected chi connectivity index (χ3v) is 7.29. The first kappa shape index (κ1) is 16.9. The van der Waals surface area contributed by atoms with Crippen molar-refractivity contribution in [3.05, 3.63) is 27.7 Å². The lowest BCUT2D eigenvalue weighted by molar-refractivity contribution is 0.408. The average Bonchev–Trinajstić information content (AvgIpc) is 2.86. The number of nitrogens with one attached hydrogen (secondary N) is 1. The first-order chi connectivity index (χ1) is 9.87. The van der Waals surface area contributed by atoms with Gasteiger partial charge in [-0.1, -0.05) is 13.0 Å². The zero-order valence-corrected chi connectivity index (χ0v) is 15.2. The van der Waals surface area contributed by atoms with Gasteiger partial charge in [0.25, 0.3) is 0 Å². The first-order valence-corrected chi connectivity index (χ1v) is 9.62. The van der Waals surface area contributed by atoms with Gasteiger partial charge in [-0.15, -0.1) is 0 Å². The van der Waals surface area contributed by atoms with Crippen LogP contribution in [0, 0.1) is 6.92 Å². The zero-order valence-electron chi connectivity index (χ0n) is 12.8. The van der Waals surface area contributed by atoms with Crippen molar-refractivity contribution in [1.29, 1.82) is 0 Å². The molecule has 118 valence electrons. The molecule has 1 fully saturated rings. The maximum Gasteiger partial charge on any atom is 0.244 e. The quantitative estimate of drug-likeness (QED) is 0.861. The van der Waals surface area contributed by atoms with Crippen molar-refractivity contribution in [2.45, 2.75) is 51.1 Å². The highest BCUT2D eigenvalue weighted by molar-refractivity contribution is 9.10. The Morgan fingerprint density at radius 1 is 1.43 bits per heavy atom. The lowest BCUT2D eigenvalue weighted by atomic mass is 10.1. The molecule has 1 aliphatic rings. The molecule has 0 amide bonds. The molecule has 1 saturated heterocycles. The number of hydrogen-bond acceptors (Lipinski definition) is 3. The van der Waals surface area contributed by atoms with Crippen LogP contribution in [0.3, 0.4) is 0 Å². The van der Waals surface area contributed by atoms with Gasteiger partial charge in [-0.2, -0.15) is 4.31 Å². The SMILES string of the molecule is CCNCc1cc(C)c(Br)c(S(=O)(=O)N2CCCC2C)c1. The molecule has 0 radical (unpaired) electrons. The van der Waals surface area contributed by atoms with E-state index in [0.29, 0.717) is 22.5 Å². The molecule has 1 aromatic rings. The monoisotopic (exact) mass is 374 g/mol. The van der Waals surface area contributed by atoms with Crippen LogP contribution in [0.2, 0.25) is 0 Å². The van der Waals surface area contributed by atoms with E-state index in [4.69, 9.17) is 0 Å². The summed E-state index contributed by atoms with van der Waals surface area (Å²) < 4.78 is 28.1. The molecule has 0 bridgehead atoms. The smallest absolute Gasteiger partial charge is 0.244 e. The summed E-state index contributed by atoms with van der Waals surface area (Å²) in [6.45, 7) is 8.12. The van der Waals surface area contributed by atoms with Crippen LogP contribution >= 0.6 is 15.9 Å². The zero-order chi connectivity index (χ0) is 15.6. The number of rotatable bonds is 5. The summed E-state index contributed by atoms with van der Waals surface area (Å²) in [7, 11) is -3.43. The molecule has 0 aliphatic carbocycles. The van der Waals surface area contributed by atoms with E-state index in [1.165, 1.54) is 0 Å². The summed E-state index contributed by atoms with van der Waals surface area (Å²) in [6, 6.07) is 3.90. The molecule has 2 rings (SSSR count). The summed E-state index contributed by atoms with van der Waals surface area (Å²) >= 11 is 3.46. The van der Waals surface area contributed by atoms with E-state index in [0.717, 1.165) is 30.5 Å². The third kappa shape index (κ3) is 3.50. The van der Waals surface area contributed by atoms with E-state index < -0.39 is 10.0 Å². The fraction of sp³-hybridized carbons (Fsp3) is 0.600. The molecule has 0 spiro atoms. The van der Waals surface area contributed by atoms with Crippen LogP contribution in [0.15, 0.2) is 21.5 Å². The van der Waals surface area contributed by atoms with Crippen LogP contribution in [0.1, 0.15) is 37.8 Å². The van der Waals surface area contributed by atoms with Crippen LogP contribution in [0.4, 0.5) is 0 Å².